The van der Waals surface area contributed by atoms with E-state index in [1.54, 1.807) is 0 Å². The zero-order valence-corrected chi connectivity index (χ0v) is 14.2. The lowest BCUT2D eigenvalue weighted by Gasteiger charge is -2.22. The monoisotopic (exact) mass is 363 g/mol. The predicted molar refractivity (Wildman–Crippen MR) is 82.2 cm³/mol. The first-order valence-corrected chi connectivity index (χ1v) is 8.28. The molecular weight excluding hydrogens is 349 g/mol. The molecular formula is C11H15ClN5O5P. The van der Waals surface area contributed by atoms with Gasteiger partial charge >= 0.3 is 13.6 Å². The van der Waals surface area contributed by atoms with Crippen LogP contribution in [0.25, 0.3) is 11.2 Å². The standard InChI is InChI=1S/C11H15ClN5O5P/c1-20-10(18)6(23(19,21-2)22-3)4-17-5-14-7-8(12)15-11(13)16-9(7)17/h5-6H,4H2,1-3H3,(H2,13,15,16). The largest absolute Gasteiger partial charge is 0.468 e. The highest BCUT2D eigenvalue weighted by Crippen LogP contribution is 2.52. The van der Waals surface area contributed by atoms with Crippen LogP contribution in [-0.4, -0.2) is 52.5 Å². The Kier molecular flexibility index (Phi) is 5.20. The Labute approximate surface area is 136 Å². The van der Waals surface area contributed by atoms with E-state index in [2.05, 4.69) is 19.7 Å². The van der Waals surface area contributed by atoms with Crippen LogP contribution in [0.2, 0.25) is 5.15 Å². The molecule has 0 radical (unpaired) electrons. The van der Waals surface area contributed by atoms with E-state index in [1.807, 2.05) is 0 Å². The molecule has 1 unspecified atom stereocenters. The van der Waals surface area contributed by atoms with Gasteiger partial charge < -0.3 is 24.1 Å². The van der Waals surface area contributed by atoms with Gasteiger partial charge in [-0.05, 0) is 0 Å². The second kappa shape index (κ2) is 6.79. The van der Waals surface area contributed by atoms with Gasteiger partial charge in [0, 0.05) is 14.2 Å². The number of anilines is 1. The highest BCUT2D eigenvalue weighted by Gasteiger charge is 2.41. The molecule has 23 heavy (non-hydrogen) atoms. The highest BCUT2D eigenvalue weighted by atomic mass is 35.5. The van der Waals surface area contributed by atoms with Crippen molar-refractivity contribution in [3.8, 4) is 0 Å². The van der Waals surface area contributed by atoms with Crippen molar-refractivity contribution in [3.05, 3.63) is 11.5 Å². The maximum absolute atomic E-state index is 12.6. The molecule has 0 aliphatic rings. The molecule has 0 fully saturated rings. The number of carbonyl (C=O) groups excluding carboxylic acids is 1. The van der Waals surface area contributed by atoms with E-state index < -0.39 is 19.2 Å². The van der Waals surface area contributed by atoms with Gasteiger partial charge in [-0.2, -0.15) is 9.97 Å². The normalized spacial score (nSPS) is 13.2. The number of ether oxygens (including phenoxy) is 1. The van der Waals surface area contributed by atoms with Crippen molar-refractivity contribution in [2.75, 3.05) is 27.1 Å². The molecule has 0 aliphatic carbocycles. The number of nitrogens with two attached hydrogens (primary N) is 1. The Morgan fingerprint density at radius 2 is 2.04 bits per heavy atom. The summed E-state index contributed by atoms with van der Waals surface area (Å²) in [6.07, 6.45) is 1.37. The van der Waals surface area contributed by atoms with Crippen LogP contribution in [0.15, 0.2) is 6.33 Å². The Morgan fingerprint density at radius 3 is 2.61 bits per heavy atom. The number of halogens is 1. The van der Waals surface area contributed by atoms with E-state index in [9.17, 15) is 9.36 Å². The summed E-state index contributed by atoms with van der Waals surface area (Å²) in [4.78, 5) is 23.9. The number of hydrogen-bond donors (Lipinski definition) is 1. The van der Waals surface area contributed by atoms with Gasteiger partial charge in [0.15, 0.2) is 16.5 Å². The number of esters is 1. The number of rotatable bonds is 6. The molecule has 0 aromatic carbocycles. The van der Waals surface area contributed by atoms with Crippen molar-refractivity contribution in [1.82, 2.24) is 19.5 Å². The maximum atomic E-state index is 12.6. The molecule has 0 saturated carbocycles. The molecule has 10 nitrogen and oxygen atoms in total. The molecule has 0 spiro atoms. The minimum atomic E-state index is -3.74. The topological polar surface area (TPSA) is 131 Å². The molecule has 0 bridgehead atoms. The van der Waals surface area contributed by atoms with Gasteiger partial charge in [-0.3, -0.25) is 9.36 Å². The van der Waals surface area contributed by atoms with Crippen molar-refractivity contribution in [2.45, 2.75) is 12.2 Å². The average molecular weight is 364 g/mol. The fourth-order valence-electron chi connectivity index (χ4n) is 2.01. The van der Waals surface area contributed by atoms with Crippen LogP contribution in [0, 0.1) is 0 Å². The van der Waals surface area contributed by atoms with Gasteiger partial charge in [0.2, 0.25) is 5.95 Å². The molecule has 2 aromatic rings. The van der Waals surface area contributed by atoms with Crippen molar-refractivity contribution in [2.24, 2.45) is 0 Å². The molecule has 2 rings (SSSR count). The van der Waals surface area contributed by atoms with Gasteiger partial charge in [-0.1, -0.05) is 11.6 Å². The fourth-order valence-corrected chi connectivity index (χ4v) is 3.63. The van der Waals surface area contributed by atoms with Gasteiger partial charge in [-0.25, -0.2) is 4.98 Å². The number of fused-ring (bicyclic) bond motifs is 1. The van der Waals surface area contributed by atoms with E-state index in [1.165, 1.54) is 32.2 Å². The number of carbonyl (C=O) groups is 1. The molecule has 12 heteroatoms. The van der Waals surface area contributed by atoms with E-state index in [0.29, 0.717) is 5.52 Å². The molecule has 2 heterocycles. The summed E-state index contributed by atoms with van der Waals surface area (Å²) in [6.45, 7) is -0.116. The van der Waals surface area contributed by atoms with Crippen LogP contribution in [0.3, 0.4) is 0 Å². The Balaban J connectivity index is 2.49. The summed E-state index contributed by atoms with van der Waals surface area (Å²) in [7, 11) is -0.195. The first kappa shape index (κ1) is 17.6. The number of imidazole rings is 1. The van der Waals surface area contributed by atoms with Crippen molar-refractivity contribution >= 4 is 42.3 Å². The predicted octanol–water partition coefficient (Wildman–Crippen LogP) is 1.09. The van der Waals surface area contributed by atoms with Crippen LogP contribution in [0.4, 0.5) is 5.95 Å². The molecule has 1 atom stereocenters. The third kappa shape index (κ3) is 3.30. The highest BCUT2D eigenvalue weighted by molar-refractivity contribution is 7.55. The van der Waals surface area contributed by atoms with Crippen LogP contribution in [0.5, 0.6) is 0 Å². The lowest BCUT2D eigenvalue weighted by molar-refractivity contribution is -0.140. The molecule has 0 aliphatic heterocycles. The van der Waals surface area contributed by atoms with Crippen LogP contribution in [-0.2, 0) is 29.7 Å². The summed E-state index contributed by atoms with van der Waals surface area (Å²) < 4.78 is 28.5. The molecule has 0 saturated heterocycles. The van der Waals surface area contributed by atoms with Gasteiger partial charge in [0.1, 0.15) is 5.52 Å². The van der Waals surface area contributed by atoms with Crippen molar-refractivity contribution < 1.29 is 23.1 Å². The summed E-state index contributed by atoms with van der Waals surface area (Å²) in [6, 6.07) is 0. The molecule has 0 amide bonds. The number of hydrogen-bond acceptors (Lipinski definition) is 9. The summed E-state index contributed by atoms with van der Waals surface area (Å²) in [5, 5.41) is 0.0718. The Bertz CT molecular complexity index is 773. The lowest BCUT2D eigenvalue weighted by Crippen LogP contribution is -2.28. The summed E-state index contributed by atoms with van der Waals surface area (Å²) >= 11 is 5.94. The lowest BCUT2D eigenvalue weighted by atomic mass is 10.4. The molecule has 126 valence electrons. The Morgan fingerprint density at radius 1 is 1.39 bits per heavy atom. The van der Waals surface area contributed by atoms with E-state index >= 15 is 0 Å². The van der Waals surface area contributed by atoms with E-state index in [-0.39, 0.29) is 23.3 Å². The number of nitrogens with zero attached hydrogens (tertiary/aromatic N) is 4. The van der Waals surface area contributed by atoms with Crippen LogP contribution in [0.1, 0.15) is 0 Å². The van der Waals surface area contributed by atoms with Gasteiger partial charge in [-0.15, -0.1) is 0 Å². The van der Waals surface area contributed by atoms with E-state index in [0.717, 1.165) is 0 Å². The van der Waals surface area contributed by atoms with Gasteiger partial charge in [0.25, 0.3) is 0 Å². The zero-order chi connectivity index (χ0) is 17.2. The van der Waals surface area contributed by atoms with Crippen LogP contribution < -0.4 is 5.73 Å². The number of methoxy groups -OCH3 is 1. The minimum absolute atomic E-state index is 0.0551. The average Bonchev–Trinajstić information content (AvgIpc) is 2.94. The molecule has 2 aromatic heterocycles. The summed E-state index contributed by atoms with van der Waals surface area (Å²) in [5.41, 5.74) is 4.94. The van der Waals surface area contributed by atoms with Crippen molar-refractivity contribution in [1.29, 1.82) is 0 Å². The smallest absolute Gasteiger partial charge is 0.346 e. The fraction of sp³-hybridized carbons (Fsp3) is 0.455. The van der Waals surface area contributed by atoms with Crippen molar-refractivity contribution in [3.63, 3.8) is 0 Å². The number of nitrogen functional groups attached to an aromatic ring is 1. The van der Waals surface area contributed by atoms with Crippen LogP contribution >= 0.6 is 19.2 Å². The van der Waals surface area contributed by atoms with E-state index in [4.69, 9.17) is 26.4 Å². The second-order valence-corrected chi connectivity index (χ2v) is 7.18. The second-order valence-electron chi connectivity index (χ2n) is 4.39. The maximum Gasteiger partial charge on any atom is 0.346 e. The third-order valence-corrected chi connectivity index (χ3v) is 5.59. The number of aromatic nitrogens is 4. The SMILES string of the molecule is COC(=O)C(Cn1cnc2c(Cl)nc(N)nc21)P(=O)(OC)OC. The zero-order valence-electron chi connectivity index (χ0n) is 12.6. The first-order valence-electron chi connectivity index (χ1n) is 6.29. The third-order valence-electron chi connectivity index (χ3n) is 3.17. The molecule has 2 N–H and O–H groups in total. The minimum Gasteiger partial charge on any atom is -0.468 e. The summed E-state index contributed by atoms with van der Waals surface area (Å²) in [5.74, 6) is -0.812. The van der Waals surface area contributed by atoms with Gasteiger partial charge in [0.05, 0.1) is 20.0 Å². The Hall–Kier alpha value is -1.74. The first-order chi connectivity index (χ1) is 10.9. The quantitative estimate of drug-likeness (QED) is 0.455.